The lowest BCUT2D eigenvalue weighted by Crippen LogP contribution is -2.17. The monoisotopic (exact) mass is 304 g/mol. The van der Waals surface area contributed by atoms with E-state index in [1.807, 2.05) is 24.3 Å². The number of carbonyl (C=O) groups is 1. The van der Waals surface area contributed by atoms with Gasteiger partial charge in [-0.2, -0.15) is 0 Å². The maximum absolute atomic E-state index is 11.4. The minimum absolute atomic E-state index is 0.108. The molecule has 3 nitrogen and oxygen atoms in total. The highest BCUT2D eigenvalue weighted by molar-refractivity contribution is 5.94. The first-order chi connectivity index (χ1) is 11.2. The van der Waals surface area contributed by atoms with Crippen LogP contribution in [0.15, 0.2) is 48.5 Å². The summed E-state index contributed by atoms with van der Waals surface area (Å²) in [4.78, 5) is 11.4. The minimum atomic E-state index is 0.108. The van der Waals surface area contributed by atoms with Gasteiger partial charge in [-0.25, -0.2) is 0 Å². The quantitative estimate of drug-likeness (QED) is 0.733. The van der Waals surface area contributed by atoms with Gasteiger partial charge in [0, 0.05) is 48.2 Å². The third-order valence-corrected chi connectivity index (χ3v) is 4.68. The van der Waals surface area contributed by atoms with Gasteiger partial charge in [-0.1, -0.05) is 30.3 Å². The molecule has 0 saturated heterocycles. The van der Waals surface area contributed by atoms with Gasteiger partial charge < -0.3 is 9.88 Å². The molecule has 0 bridgehead atoms. The van der Waals surface area contributed by atoms with E-state index in [2.05, 4.69) is 34.1 Å². The highest BCUT2D eigenvalue weighted by Crippen LogP contribution is 2.28. The zero-order valence-electron chi connectivity index (χ0n) is 13.3. The zero-order valence-corrected chi connectivity index (χ0v) is 13.3. The molecular formula is C20H20N2O. The normalized spacial score (nSPS) is 14.5. The molecule has 0 atom stereocenters. The first-order valence-corrected chi connectivity index (χ1v) is 8.16. The number of nitrogens with one attached hydrogen (secondary N) is 1. The second-order valence-corrected chi connectivity index (χ2v) is 6.19. The number of aromatic nitrogens is 1. The van der Waals surface area contributed by atoms with Crippen molar-refractivity contribution in [2.45, 2.75) is 19.9 Å². The highest BCUT2D eigenvalue weighted by Gasteiger charge is 2.12. The Morgan fingerprint density at radius 1 is 1.00 bits per heavy atom. The lowest BCUT2D eigenvalue weighted by Gasteiger charge is -2.07. The van der Waals surface area contributed by atoms with Crippen LogP contribution in [0.25, 0.3) is 22.0 Å². The SMILES string of the molecule is CC(=O)c1ccc(-c2ccc3c(c2)cc2n3CCNCC2)cc1. The van der Waals surface area contributed by atoms with E-state index >= 15 is 0 Å². The maximum Gasteiger partial charge on any atom is 0.159 e. The van der Waals surface area contributed by atoms with Gasteiger partial charge in [0.2, 0.25) is 0 Å². The average molecular weight is 304 g/mol. The molecule has 1 aliphatic heterocycles. The van der Waals surface area contributed by atoms with E-state index in [1.165, 1.54) is 22.2 Å². The summed E-state index contributed by atoms with van der Waals surface area (Å²) >= 11 is 0. The van der Waals surface area contributed by atoms with Crippen LogP contribution in [0.3, 0.4) is 0 Å². The molecule has 0 fully saturated rings. The van der Waals surface area contributed by atoms with Crippen molar-refractivity contribution in [2.24, 2.45) is 0 Å². The molecule has 1 N–H and O–H groups in total. The molecule has 3 heteroatoms. The van der Waals surface area contributed by atoms with E-state index in [9.17, 15) is 4.79 Å². The third-order valence-electron chi connectivity index (χ3n) is 4.68. The molecule has 4 rings (SSSR count). The largest absolute Gasteiger partial charge is 0.343 e. The number of benzene rings is 2. The summed E-state index contributed by atoms with van der Waals surface area (Å²) in [5.41, 5.74) is 5.84. The lowest BCUT2D eigenvalue weighted by molar-refractivity contribution is 0.101. The lowest BCUT2D eigenvalue weighted by atomic mass is 10.0. The Morgan fingerprint density at radius 2 is 1.78 bits per heavy atom. The summed E-state index contributed by atoms with van der Waals surface area (Å²) in [6.45, 7) is 4.72. The Labute approximate surface area is 135 Å². The van der Waals surface area contributed by atoms with Crippen molar-refractivity contribution in [3.8, 4) is 11.1 Å². The predicted octanol–water partition coefficient (Wildman–Crippen LogP) is 3.66. The smallest absolute Gasteiger partial charge is 0.159 e. The summed E-state index contributed by atoms with van der Waals surface area (Å²) in [5.74, 6) is 0.108. The molecule has 2 aromatic carbocycles. The second-order valence-electron chi connectivity index (χ2n) is 6.19. The first kappa shape index (κ1) is 14.2. The van der Waals surface area contributed by atoms with Gasteiger partial charge in [0.25, 0.3) is 0 Å². The van der Waals surface area contributed by atoms with Crippen molar-refractivity contribution in [2.75, 3.05) is 13.1 Å². The first-order valence-electron chi connectivity index (χ1n) is 8.16. The number of nitrogens with zero attached hydrogens (tertiary/aromatic N) is 1. The Hall–Kier alpha value is -2.39. The van der Waals surface area contributed by atoms with Crippen molar-refractivity contribution in [1.82, 2.24) is 9.88 Å². The number of rotatable bonds is 2. The van der Waals surface area contributed by atoms with Crippen LogP contribution >= 0.6 is 0 Å². The molecule has 0 saturated carbocycles. The van der Waals surface area contributed by atoms with Crippen LogP contribution in [0, 0.1) is 0 Å². The summed E-state index contributed by atoms with van der Waals surface area (Å²) in [6.07, 6.45) is 1.08. The Bertz CT molecular complexity index is 875. The van der Waals surface area contributed by atoms with E-state index < -0.39 is 0 Å². The Morgan fingerprint density at radius 3 is 2.57 bits per heavy atom. The number of Topliss-reactive ketones (excluding diaryl/α,β-unsaturated/α-hetero) is 1. The fraction of sp³-hybridized carbons (Fsp3) is 0.250. The molecule has 1 aliphatic rings. The third kappa shape index (κ3) is 2.57. The van der Waals surface area contributed by atoms with Crippen LogP contribution < -0.4 is 5.32 Å². The molecular weight excluding hydrogens is 284 g/mol. The van der Waals surface area contributed by atoms with E-state index in [0.717, 1.165) is 37.2 Å². The van der Waals surface area contributed by atoms with Gasteiger partial charge in [-0.15, -0.1) is 0 Å². The van der Waals surface area contributed by atoms with Crippen molar-refractivity contribution in [1.29, 1.82) is 0 Å². The summed E-state index contributed by atoms with van der Waals surface area (Å²) < 4.78 is 2.43. The van der Waals surface area contributed by atoms with Gasteiger partial charge in [0.05, 0.1) is 0 Å². The average Bonchev–Trinajstić information content (AvgIpc) is 2.75. The van der Waals surface area contributed by atoms with Crippen molar-refractivity contribution in [3.05, 3.63) is 59.8 Å². The number of carbonyl (C=O) groups excluding carboxylic acids is 1. The topological polar surface area (TPSA) is 34.0 Å². The van der Waals surface area contributed by atoms with Crippen LogP contribution in [0.5, 0.6) is 0 Å². The van der Waals surface area contributed by atoms with Gasteiger partial charge in [-0.3, -0.25) is 4.79 Å². The van der Waals surface area contributed by atoms with Crippen LogP contribution in [-0.2, 0) is 13.0 Å². The summed E-state index contributed by atoms with van der Waals surface area (Å²) in [7, 11) is 0. The molecule has 0 aliphatic carbocycles. The fourth-order valence-corrected chi connectivity index (χ4v) is 3.41. The van der Waals surface area contributed by atoms with Crippen molar-refractivity contribution >= 4 is 16.7 Å². The van der Waals surface area contributed by atoms with Crippen LogP contribution in [0.2, 0.25) is 0 Å². The van der Waals surface area contributed by atoms with Gasteiger partial charge in [0.1, 0.15) is 0 Å². The number of hydrogen-bond acceptors (Lipinski definition) is 2. The molecule has 1 aromatic heterocycles. The number of ketones is 1. The van der Waals surface area contributed by atoms with Gasteiger partial charge in [-0.05, 0) is 36.2 Å². The zero-order chi connectivity index (χ0) is 15.8. The van der Waals surface area contributed by atoms with E-state index in [-0.39, 0.29) is 5.78 Å². The van der Waals surface area contributed by atoms with E-state index in [1.54, 1.807) is 6.92 Å². The van der Waals surface area contributed by atoms with Gasteiger partial charge >= 0.3 is 0 Å². The minimum Gasteiger partial charge on any atom is -0.343 e. The summed E-state index contributed by atoms with van der Waals surface area (Å²) in [5, 5.41) is 4.75. The second kappa shape index (κ2) is 5.67. The molecule has 3 aromatic rings. The molecule has 116 valence electrons. The molecule has 0 unspecified atom stereocenters. The van der Waals surface area contributed by atoms with E-state index in [4.69, 9.17) is 0 Å². The van der Waals surface area contributed by atoms with Gasteiger partial charge in [0.15, 0.2) is 5.78 Å². The van der Waals surface area contributed by atoms with Crippen LogP contribution in [-0.4, -0.2) is 23.4 Å². The molecule has 0 radical (unpaired) electrons. The summed E-state index contributed by atoms with van der Waals surface area (Å²) in [6, 6.07) is 16.8. The van der Waals surface area contributed by atoms with Crippen LogP contribution in [0.1, 0.15) is 23.0 Å². The Kier molecular flexibility index (Phi) is 3.50. The predicted molar refractivity (Wildman–Crippen MR) is 94.0 cm³/mol. The number of fused-ring (bicyclic) bond motifs is 3. The Balaban J connectivity index is 1.75. The van der Waals surface area contributed by atoms with Crippen molar-refractivity contribution in [3.63, 3.8) is 0 Å². The van der Waals surface area contributed by atoms with Crippen LogP contribution in [0.4, 0.5) is 0 Å². The molecule has 0 spiro atoms. The molecule has 2 heterocycles. The van der Waals surface area contributed by atoms with Crippen molar-refractivity contribution < 1.29 is 4.79 Å². The maximum atomic E-state index is 11.4. The van der Waals surface area contributed by atoms with E-state index in [0.29, 0.717) is 0 Å². The standard InChI is InChI=1S/C20H20N2O/c1-14(23)15-2-4-16(5-3-15)17-6-7-20-18(12-17)13-19-8-9-21-10-11-22(19)20/h2-7,12-13,21H,8-11H2,1H3. The fourth-order valence-electron chi connectivity index (χ4n) is 3.41. The molecule has 0 amide bonds. The highest BCUT2D eigenvalue weighted by atomic mass is 16.1. The molecule has 23 heavy (non-hydrogen) atoms. The number of hydrogen-bond donors (Lipinski definition) is 1.